The lowest BCUT2D eigenvalue weighted by atomic mass is 10.2. The molecule has 2 aromatic rings. The third-order valence-electron chi connectivity index (χ3n) is 2.68. The second-order valence-electron chi connectivity index (χ2n) is 4.04. The minimum atomic E-state index is -0.571. The number of alkyl halides is 1. The van der Waals surface area contributed by atoms with E-state index in [9.17, 15) is 10.1 Å². The van der Waals surface area contributed by atoms with Crippen LogP contribution in [0.2, 0.25) is 0 Å². The smallest absolute Gasteiger partial charge is 0.312 e. The van der Waals surface area contributed by atoms with Crippen LogP contribution < -0.4 is 4.74 Å². The van der Waals surface area contributed by atoms with Crippen LogP contribution in [0.1, 0.15) is 11.1 Å². The van der Waals surface area contributed by atoms with Crippen LogP contribution in [-0.4, -0.2) is 4.92 Å². The fraction of sp³-hybridized carbons (Fsp3) is 0.0714. The minimum Gasteiger partial charge on any atom is -0.450 e. The summed E-state index contributed by atoms with van der Waals surface area (Å²) in [4.78, 5) is 10.5. The van der Waals surface area contributed by atoms with Gasteiger partial charge in [0.25, 0.3) is 0 Å². The Morgan fingerprint density at radius 3 is 2.62 bits per heavy atom. The molecule has 21 heavy (non-hydrogen) atoms. The molecule has 2 aromatic carbocycles. The van der Waals surface area contributed by atoms with E-state index >= 15 is 0 Å². The summed E-state index contributed by atoms with van der Waals surface area (Å²) >= 11 is 6.76. The van der Waals surface area contributed by atoms with Gasteiger partial charge in [-0.25, -0.2) is 0 Å². The molecule has 0 radical (unpaired) electrons. The normalized spacial score (nSPS) is 9.95. The summed E-state index contributed by atoms with van der Waals surface area (Å²) in [6.07, 6.45) is 0. The average molecular weight is 412 g/mol. The molecule has 0 spiro atoms. The highest BCUT2D eigenvalue weighted by Crippen LogP contribution is 2.34. The van der Waals surface area contributed by atoms with Crippen molar-refractivity contribution < 1.29 is 9.66 Å². The molecule has 0 atom stereocenters. The molecule has 0 heterocycles. The molecule has 106 valence electrons. The largest absolute Gasteiger partial charge is 0.450 e. The number of nitro groups is 1. The maximum absolute atomic E-state index is 11.0. The first-order valence-corrected chi connectivity index (χ1v) is 7.67. The molecule has 0 fully saturated rings. The van der Waals surface area contributed by atoms with Crippen molar-refractivity contribution in [1.82, 2.24) is 0 Å². The third kappa shape index (κ3) is 3.60. The van der Waals surface area contributed by atoms with E-state index in [2.05, 4.69) is 31.9 Å². The van der Waals surface area contributed by atoms with Gasteiger partial charge in [0.15, 0.2) is 0 Å². The average Bonchev–Trinajstić information content (AvgIpc) is 2.47. The SMILES string of the molecule is N#Cc1ccc(Oc2ccc(CBr)c(Br)c2)c([N+](=O)[O-])c1. The molecule has 0 aliphatic rings. The highest BCUT2D eigenvalue weighted by molar-refractivity contribution is 9.10. The highest BCUT2D eigenvalue weighted by Gasteiger charge is 2.17. The lowest BCUT2D eigenvalue weighted by Gasteiger charge is -2.08. The van der Waals surface area contributed by atoms with Gasteiger partial charge >= 0.3 is 5.69 Å². The number of nitriles is 1. The minimum absolute atomic E-state index is 0.0949. The van der Waals surface area contributed by atoms with Crippen LogP contribution in [0.3, 0.4) is 0 Å². The Bertz CT molecular complexity index is 741. The number of hydrogen-bond donors (Lipinski definition) is 0. The van der Waals surface area contributed by atoms with E-state index in [0.29, 0.717) is 11.1 Å². The summed E-state index contributed by atoms with van der Waals surface area (Å²) < 4.78 is 6.40. The molecule has 0 aliphatic carbocycles. The lowest BCUT2D eigenvalue weighted by molar-refractivity contribution is -0.385. The molecule has 0 bridgehead atoms. The summed E-state index contributed by atoms with van der Waals surface area (Å²) in [5.74, 6) is 0.567. The highest BCUT2D eigenvalue weighted by atomic mass is 79.9. The maximum Gasteiger partial charge on any atom is 0.312 e. The number of hydrogen-bond acceptors (Lipinski definition) is 4. The Morgan fingerprint density at radius 1 is 1.29 bits per heavy atom. The van der Waals surface area contributed by atoms with Crippen LogP contribution in [0.5, 0.6) is 11.5 Å². The first-order valence-electron chi connectivity index (χ1n) is 5.76. The number of nitrogens with zero attached hydrogens (tertiary/aromatic N) is 2. The van der Waals surface area contributed by atoms with Gasteiger partial charge in [0.2, 0.25) is 5.75 Å². The molecular formula is C14H8Br2N2O3. The predicted molar refractivity (Wildman–Crippen MR) is 84.7 cm³/mol. The van der Waals surface area contributed by atoms with Gasteiger partial charge in [-0.1, -0.05) is 37.9 Å². The summed E-state index contributed by atoms with van der Waals surface area (Å²) in [5.41, 5.74) is 1.01. The number of benzene rings is 2. The molecule has 0 N–H and O–H groups in total. The zero-order valence-corrected chi connectivity index (χ0v) is 13.7. The van der Waals surface area contributed by atoms with Gasteiger partial charge in [-0.3, -0.25) is 10.1 Å². The van der Waals surface area contributed by atoms with Crippen LogP contribution in [0.15, 0.2) is 40.9 Å². The van der Waals surface area contributed by atoms with E-state index < -0.39 is 4.92 Å². The van der Waals surface area contributed by atoms with Crippen molar-refractivity contribution in [1.29, 1.82) is 5.26 Å². The topological polar surface area (TPSA) is 76.2 Å². The molecule has 0 unspecified atom stereocenters. The standard InChI is InChI=1S/C14H8Br2N2O3/c15-7-10-2-3-11(6-12(10)16)21-14-4-1-9(8-17)5-13(14)18(19)20/h1-6H,7H2. The number of rotatable bonds is 4. The fourth-order valence-electron chi connectivity index (χ4n) is 1.64. The van der Waals surface area contributed by atoms with Crippen molar-refractivity contribution in [2.45, 2.75) is 5.33 Å². The first kappa shape index (κ1) is 15.5. The van der Waals surface area contributed by atoms with Gasteiger partial charge in [-0.15, -0.1) is 0 Å². The summed E-state index contributed by atoms with van der Waals surface area (Å²) in [6, 6.07) is 11.3. The van der Waals surface area contributed by atoms with E-state index in [4.69, 9.17) is 10.00 Å². The third-order valence-corrected chi connectivity index (χ3v) is 4.02. The van der Waals surface area contributed by atoms with Crippen LogP contribution in [0.4, 0.5) is 5.69 Å². The molecule has 0 aliphatic heterocycles. The number of ether oxygens (including phenoxy) is 1. The summed E-state index contributed by atoms with van der Waals surface area (Å²) in [7, 11) is 0. The van der Waals surface area contributed by atoms with Crippen molar-refractivity contribution in [2.24, 2.45) is 0 Å². The van der Waals surface area contributed by atoms with E-state index in [0.717, 1.165) is 10.0 Å². The summed E-state index contributed by atoms with van der Waals surface area (Å²) in [5, 5.41) is 20.5. The Labute approximate surface area is 137 Å². The van der Waals surface area contributed by atoms with Crippen LogP contribution in [-0.2, 0) is 5.33 Å². The number of nitro benzene ring substituents is 1. The van der Waals surface area contributed by atoms with Gasteiger partial charge in [0.1, 0.15) is 5.75 Å². The molecular weight excluding hydrogens is 404 g/mol. The van der Waals surface area contributed by atoms with Crippen molar-refractivity contribution in [3.8, 4) is 17.6 Å². The Hall–Kier alpha value is -1.91. The molecule has 2 rings (SSSR count). The van der Waals surface area contributed by atoms with Gasteiger partial charge in [-0.05, 0) is 29.8 Å². The van der Waals surface area contributed by atoms with Crippen molar-refractivity contribution in [2.75, 3.05) is 0 Å². The van der Waals surface area contributed by atoms with E-state index in [1.54, 1.807) is 12.1 Å². The molecule has 0 amide bonds. The Kier molecular flexibility index (Phi) is 4.94. The van der Waals surface area contributed by atoms with Crippen molar-refractivity contribution in [3.63, 3.8) is 0 Å². The second-order valence-corrected chi connectivity index (χ2v) is 5.46. The van der Waals surface area contributed by atoms with E-state index in [1.165, 1.54) is 18.2 Å². The van der Waals surface area contributed by atoms with Gasteiger partial charge in [-0.2, -0.15) is 5.26 Å². The Balaban J connectivity index is 2.37. The zero-order chi connectivity index (χ0) is 15.4. The van der Waals surface area contributed by atoms with Crippen molar-refractivity contribution >= 4 is 37.5 Å². The zero-order valence-electron chi connectivity index (χ0n) is 10.5. The monoisotopic (exact) mass is 410 g/mol. The van der Waals surface area contributed by atoms with Crippen LogP contribution in [0, 0.1) is 21.4 Å². The lowest BCUT2D eigenvalue weighted by Crippen LogP contribution is -1.94. The fourth-order valence-corrected chi connectivity index (χ4v) is 3.01. The molecule has 7 heteroatoms. The number of halogens is 2. The van der Waals surface area contributed by atoms with Gasteiger partial charge in [0.05, 0.1) is 16.6 Å². The summed E-state index contributed by atoms with van der Waals surface area (Å²) in [6.45, 7) is 0. The molecule has 0 aromatic heterocycles. The van der Waals surface area contributed by atoms with Crippen LogP contribution >= 0.6 is 31.9 Å². The molecule has 5 nitrogen and oxygen atoms in total. The van der Waals surface area contributed by atoms with Crippen molar-refractivity contribution in [3.05, 3.63) is 62.1 Å². The van der Waals surface area contributed by atoms with Gasteiger partial charge < -0.3 is 4.74 Å². The van der Waals surface area contributed by atoms with E-state index in [-0.39, 0.29) is 17.0 Å². The van der Waals surface area contributed by atoms with E-state index in [1.807, 2.05) is 12.1 Å². The first-order chi connectivity index (χ1) is 10.0. The maximum atomic E-state index is 11.0. The van der Waals surface area contributed by atoms with Crippen LogP contribution in [0.25, 0.3) is 0 Å². The Morgan fingerprint density at radius 2 is 2.05 bits per heavy atom. The molecule has 0 saturated heterocycles. The quantitative estimate of drug-likeness (QED) is 0.406. The molecule has 0 saturated carbocycles. The van der Waals surface area contributed by atoms with Gasteiger partial charge in [0, 0.05) is 15.9 Å². The predicted octanol–water partition coefficient (Wildman–Crippen LogP) is 4.92. The second kappa shape index (κ2) is 6.70.